The first-order valence-corrected chi connectivity index (χ1v) is 7.87. The molecule has 22 heavy (non-hydrogen) atoms. The number of hydrogen-bond donors (Lipinski definition) is 3. The lowest BCUT2D eigenvalue weighted by molar-refractivity contribution is -0.0144. The van der Waals surface area contributed by atoms with Gasteiger partial charge >= 0.3 is 5.69 Å². The molecule has 0 bridgehead atoms. The van der Waals surface area contributed by atoms with Gasteiger partial charge in [-0.15, -0.1) is 0 Å². The minimum absolute atomic E-state index is 0.269. The number of aliphatic hydroxyl groups is 1. The summed E-state index contributed by atoms with van der Waals surface area (Å²) in [5, 5.41) is 13.7. The molecule has 1 aromatic heterocycles. The highest BCUT2D eigenvalue weighted by Crippen LogP contribution is 2.41. The molecule has 6 nitrogen and oxygen atoms in total. The molecule has 0 aromatic carbocycles. The van der Waals surface area contributed by atoms with Gasteiger partial charge in [0.1, 0.15) is 5.82 Å². The topological polar surface area (TPSA) is 87.1 Å². The largest absolute Gasteiger partial charge is 0.388 e. The third-order valence-electron chi connectivity index (χ3n) is 4.89. The van der Waals surface area contributed by atoms with Crippen LogP contribution in [0.4, 0.5) is 5.82 Å². The first-order valence-electron chi connectivity index (χ1n) is 7.87. The van der Waals surface area contributed by atoms with Crippen molar-refractivity contribution < 1.29 is 5.11 Å². The van der Waals surface area contributed by atoms with Gasteiger partial charge in [0.15, 0.2) is 0 Å². The van der Waals surface area contributed by atoms with Crippen LogP contribution in [0.25, 0.3) is 0 Å². The number of nitrogens with zero attached hydrogens (tertiary/aromatic N) is 1. The molecule has 1 aliphatic carbocycles. The van der Waals surface area contributed by atoms with E-state index in [9.17, 15) is 14.7 Å². The van der Waals surface area contributed by atoms with E-state index in [1.165, 1.54) is 13.1 Å². The van der Waals surface area contributed by atoms with E-state index in [-0.39, 0.29) is 11.0 Å². The Labute approximate surface area is 130 Å². The summed E-state index contributed by atoms with van der Waals surface area (Å²) in [6.07, 6.45) is 3.46. The molecule has 1 saturated carbocycles. The maximum Gasteiger partial charge on any atom is 0.329 e. The molecule has 1 aromatic rings. The Bertz CT molecular complexity index is 600. The number of anilines is 1. The van der Waals surface area contributed by atoms with Crippen molar-refractivity contribution >= 4 is 5.82 Å². The molecule has 0 saturated heterocycles. The number of hydrogen-bond acceptors (Lipinski definition) is 4. The lowest BCUT2D eigenvalue weighted by Gasteiger charge is -2.41. The molecule has 1 heterocycles. The molecule has 0 unspecified atom stereocenters. The van der Waals surface area contributed by atoms with Crippen LogP contribution in [0.1, 0.15) is 46.5 Å². The molecule has 1 fully saturated rings. The summed E-state index contributed by atoms with van der Waals surface area (Å²) in [4.78, 5) is 25.7. The molecule has 0 atom stereocenters. The van der Waals surface area contributed by atoms with Gasteiger partial charge in [-0.3, -0.25) is 14.3 Å². The maximum absolute atomic E-state index is 11.6. The highest BCUT2D eigenvalue weighted by atomic mass is 16.3. The Morgan fingerprint density at radius 3 is 2.45 bits per heavy atom. The first kappa shape index (κ1) is 16.8. The molecular formula is C16H27N3O3. The van der Waals surface area contributed by atoms with Crippen LogP contribution >= 0.6 is 0 Å². The van der Waals surface area contributed by atoms with Gasteiger partial charge in [-0.2, -0.15) is 0 Å². The number of nitrogens with one attached hydrogen (secondary N) is 2. The summed E-state index contributed by atoms with van der Waals surface area (Å²) in [5.74, 6) is 0.982. The van der Waals surface area contributed by atoms with Gasteiger partial charge < -0.3 is 10.4 Å². The van der Waals surface area contributed by atoms with Crippen LogP contribution in [0, 0.1) is 11.3 Å². The highest BCUT2D eigenvalue weighted by molar-refractivity contribution is 5.32. The number of aromatic nitrogens is 2. The predicted molar refractivity (Wildman–Crippen MR) is 87.2 cm³/mol. The average Bonchev–Trinajstić information content (AvgIpc) is 2.42. The molecular weight excluding hydrogens is 282 g/mol. The van der Waals surface area contributed by atoms with Gasteiger partial charge in [0.2, 0.25) is 0 Å². The summed E-state index contributed by atoms with van der Waals surface area (Å²) in [5.41, 5.74) is -1.33. The van der Waals surface area contributed by atoms with E-state index in [0.717, 1.165) is 30.3 Å². The smallest absolute Gasteiger partial charge is 0.329 e. The van der Waals surface area contributed by atoms with Crippen LogP contribution in [-0.2, 0) is 7.05 Å². The molecule has 0 aliphatic heterocycles. The summed E-state index contributed by atoms with van der Waals surface area (Å²) in [6, 6.07) is 1.34. The van der Waals surface area contributed by atoms with Gasteiger partial charge in [-0.1, -0.05) is 20.8 Å². The predicted octanol–water partition coefficient (Wildman–Crippen LogP) is 1.45. The lowest BCUT2D eigenvalue weighted by Crippen LogP contribution is -2.43. The second-order valence-electron chi connectivity index (χ2n) is 7.60. The summed E-state index contributed by atoms with van der Waals surface area (Å²) in [7, 11) is 1.42. The Kier molecular flexibility index (Phi) is 4.52. The summed E-state index contributed by atoms with van der Waals surface area (Å²) < 4.78 is 1.01. The molecule has 3 N–H and O–H groups in total. The maximum atomic E-state index is 11.6. The van der Waals surface area contributed by atoms with Crippen molar-refractivity contribution in [2.45, 2.75) is 52.1 Å². The standard InChI is InChI=1S/C16H27N3O3/c1-15(2,3)11-5-7-16(22,8-6-11)10-17-12-9-13(20)19(4)14(21)18-12/h9,11,17,22H,5-8,10H2,1-4H3,(H,18,21). The van der Waals surface area contributed by atoms with E-state index in [0.29, 0.717) is 18.3 Å². The lowest BCUT2D eigenvalue weighted by atomic mass is 9.68. The fraction of sp³-hybridized carbons (Fsp3) is 0.750. The molecule has 0 radical (unpaired) electrons. The second kappa shape index (κ2) is 5.91. The van der Waals surface area contributed by atoms with Crippen molar-refractivity contribution in [2.75, 3.05) is 11.9 Å². The van der Waals surface area contributed by atoms with Crippen molar-refractivity contribution in [2.24, 2.45) is 18.4 Å². The van der Waals surface area contributed by atoms with Crippen LogP contribution in [0.5, 0.6) is 0 Å². The zero-order valence-electron chi connectivity index (χ0n) is 13.9. The summed E-state index contributed by atoms with van der Waals surface area (Å²) in [6.45, 7) is 7.06. The van der Waals surface area contributed by atoms with Crippen molar-refractivity contribution in [1.82, 2.24) is 9.55 Å². The Morgan fingerprint density at radius 2 is 1.95 bits per heavy atom. The number of rotatable bonds is 3. The third kappa shape index (κ3) is 3.80. The number of aromatic amines is 1. The molecule has 0 amide bonds. The van der Waals surface area contributed by atoms with E-state index < -0.39 is 11.3 Å². The van der Waals surface area contributed by atoms with Crippen molar-refractivity contribution in [3.63, 3.8) is 0 Å². The van der Waals surface area contributed by atoms with Crippen molar-refractivity contribution in [3.05, 3.63) is 26.9 Å². The van der Waals surface area contributed by atoms with Crippen molar-refractivity contribution in [3.8, 4) is 0 Å². The Hall–Kier alpha value is -1.56. The quantitative estimate of drug-likeness (QED) is 0.789. The van der Waals surface area contributed by atoms with E-state index in [1.807, 2.05) is 0 Å². The fourth-order valence-electron chi connectivity index (χ4n) is 3.11. The van der Waals surface area contributed by atoms with Crippen LogP contribution in [0.3, 0.4) is 0 Å². The van der Waals surface area contributed by atoms with Gasteiger partial charge in [0.05, 0.1) is 5.60 Å². The molecule has 1 aliphatic rings. The highest BCUT2D eigenvalue weighted by Gasteiger charge is 2.37. The van der Waals surface area contributed by atoms with Crippen LogP contribution < -0.4 is 16.6 Å². The van der Waals surface area contributed by atoms with Crippen LogP contribution in [-0.4, -0.2) is 26.8 Å². The second-order valence-corrected chi connectivity index (χ2v) is 7.60. The van der Waals surface area contributed by atoms with Crippen LogP contribution in [0.2, 0.25) is 0 Å². The molecule has 0 spiro atoms. The number of H-pyrrole nitrogens is 1. The molecule has 2 rings (SSSR count). The average molecular weight is 309 g/mol. The Balaban J connectivity index is 1.98. The normalized spacial score (nSPS) is 26.0. The van der Waals surface area contributed by atoms with E-state index >= 15 is 0 Å². The molecule has 6 heteroatoms. The minimum atomic E-state index is -0.778. The first-order chi connectivity index (χ1) is 10.1. The zero-order chi connectivity index (χ0) is 16.5. The van der Waals surface area contributed by atoms with Crippen molar-refractivity contribution in [1.29, 1.82) is 0 Å². The fourth-order valence-corrected chi connectivity index (χ4v) is 3.11. The molecule has 124 valence electrons. The Morgan fingerprint density at radius 1 is 1.36 bits per heavy atom. The SMILES string of the molecule is Cn1c(=O)cc(NCC2(O)CCC(C(C)(C)C)CC2)[nH]c1=O. The minimum Gasteiger partial charge on any atom is -0.388 e. The monoisotopic (exact) mass is 309 g/mol. The van der Waals surface area contributed by atoms with Gasteiger partial charge in [-0.05, 0) is 37.0 Å². The third-order valence-corrected chi connectivity index (χ3v) is 4.89. The van der Waals surface area contributed by atoms with E-state index in [2.05, 4.69) is 31.1 Å². The van der Waals surface area contributed by atoms with Gasteiger partial charge in [0.25, 0.3) is 5.56 Å². The zero-order valence-corrected chi connectivity index (χ0v) is 13.9. The van der Waals surface area contributed by atoms with E-state index in [4.69, 9.17) is 0 Å². The van der Waals surface area contributed by atoms with Gasteiger partial charge in [0, 0.05) is 19.7 Å². The van der Waals surface area contributed by atoms with E-state index in [1.54, 1.807) is 0 Å². The summed E-state index contributed by atoms with van der Waals surface area (Å²) >= 11 is 0. The van der Waals surface area contributed by atoms with Crippen LogP contribution in [0.15, 0.2) is 15.7 Å². The van der Waals surface area contributed by atoms with Gasteiger partial charge in [-0.25, -0.2) is 4.79 Å².